The number of aromatic nitrogens is 3. The minimum atomic E-state index is 0.495. The van der Waals surface area contributed by atoms with Gasteiger partial charge in [0.2, 0.25) is 0 Å². The van der Waals surface area contributed by atoms with E-state index in [1.165, 1.54) is 6.33 Å². The highest BCUT2D eigenvalue weighted by molar-refractivity contribution is 5.81. The van der Waals surface area contributed by atoms with Crippen LogP contribution in [0.15, 0.2) is 28.9 Å². The standard InChI is InChI=1S/C17H20N4O3/c1-5-23-14-8-12(6-7-13(14)22-4)9-21(3)16-15-17(19-10-18-16)24-11(2)20-15/h6-8,10H,5,9H2,1-4H3. The van der Waals surface area contributed by atoms with Crippen molar-refractivity contribution >= 4 is 17.0 Å². The van der Waals surface area contributed by atoms with Crippen LogP contribution in [0.2, 0.25) is 0 Å². The van der Waals surface area contributed by atoms with Crippen molar-refractivity contribution in [3.05, 3.63) is 36.0 Å². The van der Waals surface area contributed by atoms with Gasteiger partial charge in [-0.3, -0.25) is 0 Å². The van der Waals surface area contributed by atoms with Gasteiger partial charge in [-0.25, -0.2) is 9.97 Å². The van der Waals surface area contributed by atoms with Crippen LogP contribution in [0.4, 0.5) is 5.82 Å². The van der Waals surface area contributed by atoms with Gasteiger partial charge in [0.05, 0.1) is 13.7 Å². The van der Waals surface area contributed by atoms with Crippen LogP contribution in [0, 0.1) is 6.92 Å². The second-order valence-electron chi connectivity index (χ2n) is 5.36. The van der Waals surface area contributed by atoms with Crippen molar-refractivity contribution in [3.8, 4) is 11.5 Å². The Kier molecular flexibility index (Phi) is 4.50. The monoisotopic (exact) mass is 328 g/mol. The predicted molar refractivity (Wildman–Crippen MR) is 90.6 cm³/mol. The molecule has 3 rings (SSSR count). The maximum absolute atomic E-state index is 5.63. The number of methoxy groups -OCH3 is 1. The highest BCUT2D eigenvalue weighted by Crippen LogP contribution is 2.29. The number of benzene rings is 1. The van der Waals surface area contributed by atoms with Gasteiger partial charge >= 0.3 is 0 Å². The number of ether oxygens (including phenoxy) is 2. The molecule has 0 spiro atoms. The number of oxazole rings is 1. The van der Waals surface area contributed by atoms with Gasteiger partial charge in [-0.1, -0.05) is 6.07 Å². The lowest BCUT2D eigenvalue weighted by molar-refractivity contribution is 0.310. The topological polar surface area (TPSA) is 73.5 Å². The molecule has 0 aliphatic heterocycles. The fourth-order valence-electron chi connectivity index (χ4n) is 2.56. The van der Waals surface area contributed by atoms with E-state index in [9.17, 15) is 0 Å². The summed E-state index contributed by atoms with van der Waals surface area (Å²) in [5.74, 6) is 2.75. The molecule has 7 nitrogen and oxygen atoms in total. The zero-order valence-electron chi connectivity index (χ0n) is 14.2. The maximum atomic E-state index is 5.63. The molecule has 24 heavy (non-hydrogen) atoms. The molecular formula is C17H20N4O3. The molecule has 0 unspecified atom stereocenters. The molecule has 2 aromatic heterocycles. The Labute approximate surface area is 140 Å². The molecule has 126 valence electrons. The molecule has 0 bridgehead atoms. The van der Waals surface area contributed by atoms with Crippen LogP contribution < -0.4 is 14.4 Å². The fourth-order valence-corrected chi connectivity index (χ4v) is 2.56. The third-order valence-electron chi connectivity index (χ3n) is 3.59. The summed E-state index contributed by atoms with van der Waals surface area (Å²) < 4.78 is 16.4. The molecule has 2 heterocycles. The number of fused-ring (bicyclic) bond motifs is 1. The molecule has 0 N–H and O–H groups in total. The number of aryl methyl sites for hydroxylation is 1. The van der Waals surface area contributed by atoms with Crippen molar-refractivity contribution in [1.29, 1.82) is 0 Å². The van der Waals surface area contributed by atoms with Gasteiger partial charge in [0, 0.05) is 20.5 Å². The van der Waals surface area contributed by atoms with Crippen LogP contribution in [0.1, 0.15) is 18.4 Å². The Bertz CT molecular complexity index is 847. The maximum Gasteiger partial charge on any atom is 0.252 e. The van der Waals surface area contributed by atoms with E-state index in [-0.39, 0.29) is 0 Å². The molecule has 0 atom stereocenters. The van der Waals surface area contributed by atoms with Gasteiger partial charge < -0.3 is 18.8 Å². The lowest BCUT2D eigenvalue weighted by Gasteiger charge is -2.19. The van der Waals surface area contributed by atoms with E-state index in [4.69, 9.17) is 13.9 Å². The van der Waals surface area contributed by atoms with Crippen molar-refractivity contribution < 1.29 is 13.9 Å². The van der Waals surface area contributed by atoms with Crippen LogP contribution in [0.3, 0.4) is 0 Å². The normalized spacial score (nSPS) is 10.8. The minimum Gasteiger partial charge on any atom is -0.493 e. The van der Waals surface area contributed by atoms with E-state index >= 15 is 0 Å². The summed E-state index contributed by atoms with van der Waals surface area (Å²) in [6.45, 7) is 4.97. The van der Waals surface area contributed by atoms with Gasteiger partial charge in [0.1, 0.15) is 6.33 Å². The summed E-state index contributed by atoms with van der Waals surface area (Å²) in [4.78, 5) is 14.8. The Morgan fingerprint density at radius 3 is 2.79 bits per heavy atom. The number of hydrogen-bond donors (Lipinski definition) is 0. The van der Waals surface area contributed by atoms with E-state index in [0.29, 0.717) is 30.3 Å². The van der Waals surface area contributed by atoms with E-state index in [1.807, 2.05) is 37.1 Å². The Morgan fingerprint density at radius 2 is 2.04 bits per heavy atom. The zero-order valence-corrected chi connectivity index (χ0v) is 14.2. The van der Waals surface area contributed by atoms with Crippen molar-refractivity contribution in [2.24, 2.45) is 0 Å². The van der Waals surface area contributed by atoms with E-state index in [0.717, 1.165) is 22.9 Å². The van der Waals surface area contributed by atoms with E-state index < -0.39 is 0 Å². The van der Waals surface area contributed by atoms with Crippen molar-refractivity contribution in [1.82, 2.24) is 15.0 Å². The van der Waals surface area contributed by atoms with Gasteiger partial charge in [-0.2, -0.15) is 4.98 Å². The first kappa shape index (κ1) is 16.0. The molecule has 0 saturated heterocycles. The largest absolute Gasteiger partial charge is 0.493 e. The molecule has 0 fully saturated rings. The van der Waals surface area contributed by atoms with Gasteiger partial charge in [0.15, 0.2) is 28.7 Å². The second-order valence-corrected chi connectivity index (χ2v) is 5.36. The number of hydrogen-bond acceptors (Lipinski definition) is 7. The number of nitrogens with zero attached hydrogens (tertiary/aromatic N) is 4. The first-order valence-corrected chi connectivity index (χ1v) is 7.71. The van der Waals surface area contributed by atoms with Crippen LogP contribution in [-0.2, 0) is 6.54 Å². The smallest absolute Gasteiger partial charge is 0.252 e. The summed E-state index contributed by atoms with van der Waals surface area (Å²) in [6, 6.07) is 5.89. The SMILES string of the molecule is CCOc1cc(CN(C)c2ncnc3oc(C)nc23)ccc1OC. The highest BCUT2D eigenvalue weighted by atomic mass is 16.5. The Hall–Kier alpha value is -2.83. The summed E-state index contributed by atoms with van der Waals surface area (Å²) >= 11 is 0. The van der Waals surface area contributed by atoms with Crippen LogP contribution in [0.25, 0.3) is 11.2 Å². The third-order valence-corrected chi connectivity index (χ3v) is 3.59. The average Bonchev–Trinajstić information content (AvgIpc) is 2.95. The quantitative estimate of drug-likeness (QED) is 0.688. The highest BCUT2D eigenvalue weighted by Gasteiger charge is 2.15. The average molecular weight is 328 g/mol. The molecule has 1 aromatic carbocycles. The van der Waals surface area contributed by atoms with Crippen LogP contribution >= 0.6 is 0 Å². The molecule has 0 radical (unpaired) electrons. The molecule has 0 amide bonds. The molecule has 7 heteroatoms. The molecule has 3 aromatic rings. The first-order chi connectivity index (χ1) is 11.6. The van der Waals surface area contributed by atoms with Gasteiger partial charge in [0.25, 0.3) is 5.71 Å². The van der Waals surface area contributed by atoms with E-state index in [1.54, 1.807) is 14.0 Å². The Balaban J connectivity index is 1.88. The lowest BCUT2D eigenvalue weighted by Crippen LogP contribution is -2.18. The summed E-state index contributed by atoms with van der Waals surface area (Å²) in [6.07, 6.45) is 1.48. The fraction of sp³-hybridized carbons (Fsp3) is 0.353. The van der Waals surface area contributed by atoms with Gasteiger partial charge in [-0.15, -0.1) is 0 Å². The number of anilines is 1. The minimum absolute atomic E-state index is 0.495. The Morgan fingerprint density at radius 1 is 1.21 bits per heavy atom. The van der Waals surface area contributed by atoms with Gasteiger partial charge in [-0.05, 0) is 24.6 Å². The predicted octanol–water partition coefficient (Wildman–Crippen LogP) is 2.97. The number of rotatable bonds is 6. The summed E-state index contributed by atoms with van der Waals surface area (Å²) in [7, 11) is 3.59. The summed E-state index contributed by atoms with van der Waals surface area (Å²) in [5, 5.41) is 0. The molecule has 0 aliphatic carbocycles. The van der Waals surface area contributed by atoms with Crippen molar-refractivity contribution in [2.75, 3.05) is 25.7 Å². The van der Waals surface area contributed by atoms with Crippen LogP contribution in [-0.4, -0.2) is 35.7 Å². The first-order valence-electron chi connectivity index (χ1n) is 7.71. The third kappa shape index (κ3) is 3.10. The lowest BCUT2D eigenvalue weighted by atomic mass is 10.2. The van der Waals surface area contributed by atoms with Crippen LogP contribution in [0.5, 0.6) is 11.5 Å². The van der Waals surface area contributed by atoms with Crippen molar-refractivity contribution in [2.45, 2.75) is 20.4 Å². The molecule has 0 saturated carbocycles. The van der Waals surface area contributed by atoms with Crippen molar-refractivity contribution in [3.63, 3.8) is 0 Å². The second kappa shape index (κ2) is 6.74. The zero-order chi connectivity index (χ0) is 17.1. The molecule has 0 aliphatic rings. The van der Waals surface area contributed by atoms with E-state index in [2.05, 4.69) is 15.0 Å². The molecular weight excluding hydrogens is 308 g/mol. The summed E-state index contributed by atoms with van der Waals surface area (Å²) in [5.41, 5.74) is 2.24.